The molecule has 0 aliphatic heterocycles. The van der Waals surface area contributed by atoms with Crippen LogP contribution in [-0.2, 0) is 16.3 Å². The molecule has 3 N–H and O–H groups in total. The number of carbonyl (C=O) groups is 1. The fourth-order valence-corrected chi connectivity index (χ4v) is 2.81. The Hall–Kier alpha value is -2.19. The SMILES string of the molecule is CCCC(CCC)C(=O)Nc1cc2c(ncn2COCCO)c(=O)[nH]1. The lowest BCUT2D eigenvalue weighted by molar-refractivity contribution is -0.120. The maximum Gasteiger partial charge on any atom is 0.277 e. The molecule has 0 fully saturated rings. The summed E-state index contributed by atoms with van der Waals surface area (Å²) in [7, 11) is 0. The molecule has 0 bridgehead atoms. The lowest BCUT2D eigenvalue weighted by atomic mass is 9.97. The minimum absolute atomic E-state index is 0.0630. The number of pyridine rings is 1. The van der Waals surface area contributed by atoms with Gasteiger partial charge in [0, 0.05) is 12.0 Å². The van der Waals surface area contributed by atoms with E-state index in [2.05, 4.69) is 29.1 Å². The highest BCUT2D eigenvalue weighted by molar-refractivity contribution is 5.93. The molecule has 138 valence electrons. The fourth-order valence-electron chi connectivity index (χ4n) is 2.81. The van der Waals surface area contributed by atoms with Crippen molar-refractivity contribution in [3.8, 4) is 0 Å². The first-order chi connectivity index (χ1) is 12.1. The molecule has 0 atom stereocenters. The van der Waals surface area contributed by atoms with Crippen molar-refractivity contribution in [1.29, 1.82) is 0 Å². The van der Waals surface area contributed by atoms with Gasteiger partial charge in [-0.3, -0.25) is 9.59 Å². The molecule has 8 heteroatoms. The first-order valence-corrected chi connectivity index (χ1v) is 8.68. The summed E-state index contributed by atoms with van der Waals surface area (Å²) >= 11 is 0. The number of hydrogen-bond donors (Lipinski definition) is 3. The number of ether oxygens (including phenoxy) is 1. The number of H-pyrrole nitrogens is 1. The van der Waals surface area contributed by atoms with Crippen LogP contribution >= 0.6 is 0 Å². The number of hydrogen-bond acceptors (Lipinski definition) is 5. The Morgan fingerprint density at radius 3 is 2.76 bits per heavy atom. The Bertz CT molecular complexity index is 747. The summed E-state index contributed by atoms with van der Waals surface area (Å²) in [5.74, 6) is 0.205. The Balaban J connectivity index is 2.21. The first-order valence-electron chi connectivity index (χ1n) is 8.68. The van der Waals surface area contributed by atoms with Crippen molar-refractivity contribution in [1.82, 2.24) is 14.5 Å². The van der Waals surface area contributed by atoms with Crippen LogP contribution in [0.4, 0.5) is 5.82 Å². The van der Waals surface area contributed by atoms with E-state index in [0.29, 0.717) is 11.3 Å². The zero-order chi connectivity index (χ0) is 18.2. The number of aliphatic hydroxyl groups excluding tert-OH is 1. The van der Waals surface area contributed by atoms with Crippen LogP contribution < -0.4 is 10.9 Å². The highest BCUT2D eigenvalue weighted by Crippen LogP contribution is 2.17. The topological polar surface area (TPSA) is 109 Å². The summed E-state index contributed by atoms with van der Waals surface area (Å²) in [6.07, 6.45) is 5.00. The van der Waals surface area contributed by atoms with Gasteiger partial charge in [0.1, 0.15) is 12.5 Å². The van der Waals surface area contributed by atoms with E-state index in [1.54, 1.807) is 10.6 Å². The van der Waals surface area contributed by atoms with Gasteiger partial charge in [-0.2, -0.15) is 0 Å². The maximum atomic E-state index is 12.5. The zero-order valence-electron chi connectivity index (χ0n) is 14.7. The van der Waals surface area contributed by atoms with E-state index in [9.17, 15) is 9.59 Å². The molecule has 0 spiro atoms. The Morgan fingerprint density at radius 2 is 2.12 bits per heavy atom. The lowest BCUT2D eigenvalue weighted by Crippen LogP contribution is -2.24. The van der Waals surface area contributed by atoms with Crippen LogP contribution in [0.2, 0.25) is 0 Å². The monoisotopic (exact) mass is 350 g/mol. The van der Waals surface area contributed by atoms with Crippen LogP contribution in [0.5, 0.6) is 0 Å². The Kier molecular flexibility index (Phi) is 7.15. The standard InChI is InChI=1S/C17H26N4O4/c1-3-5-12(6-4-2)16(23)19-14-9-13-15(17(24)20-14)18-10-21(13)11-25-8-7-22/h9-10,12,22H,3-8,11H2,1-2H3,(H2,19,20,23,24). The number of fused-ring (bicyclic) bond motifs is 1. The number of anilines is 1. The number of aromatic amines is 1. The second-order valence-electron chi connectivity index (χ2n) is 5.98. The largest absolute Gasteiger partial charge is 0.394 e. The number of aliphatic hydroxyl groups is 1. The molecule has 2 aromatic heterocycles. The van der Waals surface area contributed by atoms with Crippen LogP contribution in [0.25, 0.3) is 11.0 Å². The average Bonchev–Trinajstić information content (AvgIpc) is 2.98. The van der Waals surface area contributed by atoms with Gasteiger partial charge in [0.05, 0.1) is 25.1 Å². The molecule has 0 saturated carbocycles. The molecule has 2 heterocycles. The Morgan fingerprint density at radius 1 is 1.40 bits per heavy atom. The molecule has 0 aromatic carbocycles. The second-order valence-corrected chi connectivity index (χ2v) is 5.98. The summed E-state index contributed by atoms with van der Waals surface area (Å²) in [5.41, 5.74) is 0.486. The predicted octanol–water partition coefficient (Wildman–Crippen LogP) is 1.85. The number of aromatic nitrogens is 3. The average molecular weight is 350 g/mol. The van der Waals surface area contributed by atoms with Crippen LogP contribution in [-0.4, -0.2) is 38.8 Å². The van der Waals surface area contributed by atoms with Gasteiger partial charge in [-0.15, -0.1) is 0 Å². The van der Waals surface area contributed by atoms with E-state index >= 15 is 0 Å². The number of amides is 1. The van der Waals surface area contributed by atoms with Crippen molar-refractivity contribution in [3.05, 3.63) is 22.7 Å². The minimum Gasteiger partial charge on any atom is -0.394 e. The Labute approximate surface area is 146 Å². The molecule has 2 rings (SSSR count). The van der Waals surface area contributed by atoms with E-state index in [1.807, 2.05) is 0 Å². The summed E-state index contributed by atoms with van der Waals surface area (Å²) < 4.78 is 6.93. The van der Waals surface area contributed by atoms with Gasteiger partial charge in [-0.05, 0) is 12.8 Å². The number of imidazole rings is 1. The van der Waals surface area contributed by atoms with Crippen molar-refractivity contribution >= 4 is 22.8 Å². The molecular formula is C17H26N4O4. The van der Waals surface area contributed by atoms with Crippen LogP contribution in [0.1, 0.15) is 39.5 Å². The number of carbonyl (C=O) groups excluding carboxylic acids is 1. The van der Waals surface area contributed by atoms with Crippen molar-refractivity contribution in [2.45, 2.75) is 46.3 Å². The molecule has 0 unspecified atom stereocenters. The molecular weight excluding hydrogens is 324 g/mol. The third-order valence-corrected chi connectivity index (χ3v) is 3.99. The maximum absolute atomic E-state index is 12.5. The first kappa shape index (κ1) is 19.1. The molecule has 0 radical (unpaired) electrons. The number of nitrogens with one attached hydrogen (secondary N) is 2. The van der Waals surface area contributed by atoms with Gasteiger partial charge < -0.3 is 24.7 Å². The van der Waals surface area contributed by atoms with Gasteiger partial charge in [0.15, 0.2) is 5.52 Å². The molecule has 8 nitrogen and oxygen atoms in total. The fraction of sp³-hybridized carbons (Fsp3) is 0.588. The van der Waals surface area contributed by atoms with E-state index in [1.165, 1.54) is 6.33 Å². The lowest BCUT2D eigenvalue weighted by Gasteiger charge is -2.15. The van der Waals surface area contributed by atoms with Crippen LogP contribution in [0.3, 0.4) is 0 Å². The van der Waals surface area contributed by atoms with Crippen molar-refractivity contribution in [3.63, 3.8) is 0 Å². The highest BCUT2D eigenvalue weighted by atomic mass is 16.5. The van der Waals surface area contributed by atoms with E-state index in [4.69, 9.17) is 9.84 Å². The van der Waals surface area contributed by atoms with E-state index < -0.39 is 0 Å². The van der Waals surface area contributed by atoms with Crippen LogP contribution in [0.15, 0.2) is 17.2 Å². The van der Waals surface area contributed by atoms with E-state index in [0.717, 1.165) is 25.7 Å². The molecule has 1 amide bonds. The quantitative estimate of drug-likeness (QED) is 0.567. The normalized spacial score (nSPS) is 11.4. The second kappa shape index (κ2) is 9.33. The third-order valence-electron chi connectivity index (χ3n) is 3.99. The number of nitrogens with zero attached hydrogens (tertiary/aromatic N) is 2. The highest BCUT2D eigenvalue weighted by Gasteiger charge is 2.18. The summed E-state index contributed by atoms with van der Waals surface area (Å²) in [5, 5.41) is 11.6. The molecule has 2 aromatic rings. The van der Waals surface area contributed by atoms with Crippen molar-refractivity contribution in [2.75, 3.05) is 18.5 Å². The van der Waals surface area contributed by atoms with Crippen LogP contribution in [0, 0.1) is 5.92 Å². The van der Waals surface area contributed by atoms with Gasteiger partial charge in [0.2, 0.25) is 5.91 Å². The predicted molar refractivity (Wildman–Crippen MR) is 95.3 cm³/mol. The summed E-state index contributed by atoms with van der Waals surface area (Å²) in [4.78, 5) is 31.4. The van der Waals surface area contributed by atoms with Gasteiger partial charge in [-0.25, -0.2) is 4.98 Å². The number of rotatable bonds is 10. The van der Waals surface area contributed by atoms with Crippen molar-refractivity contribution in [2.24, 2.45) is 5.92 Å². The molecule has 25 heavy (non-hydrogen) atoms. The molecule has 0 saturated heterocycles. The van der Waals surface area contributed by atoms with Gasteiger partial charge >= 0.3 is 0 Å². The summed E-state index contributed by atoms with van der Waals surface area (Å²) in [6, 6.07) is 1.68. The van der Waals surface area contributed by atoms with E-state index in [-0.39, 0.29) is 42.8 Å². The smallest absolute Gasteiger partial charge is 0.277 e. The van der Waals surface area contributed by atoms with Crippen molar-refractivity contribution < 1.29 is 14.6 Å². The zero-order valence-corrected chi connectivity index (χ0v) is 14.7. The summed E-state index contributed by atoms with van der Waals surface area (Å²) in [6.45, 7) is 4.39. The third kappa shape index (κ3) is 4.90. The molecule has 0 aliphatic carbocycles. The molecule has 0 aliphatic rings. The van der Waals surface area contributed by atoms with Gasteiger partial charge in [0.25, 0.3) is 5.56 Å². The van der Waals surface area contributed by atoms with Gasteiger partial charge in [-0.1, -0.05) is 26.7 Å². The minimum atomic E-state index is -0.365.